The number of amides is 2. The van der Waals surface area contributed by atoms with Gasteiger partial charge in [0, 0.05) is 12.1 Å². The molecule has 110 valence electrons. The van der Waals surface area contributed by atoms with E-state index in [9.17, 15) is 9.59 Å². The molecular weight excluding hydrogens is 250 g/mol. The van der Waals surface area contributed by atoms with Gasteiger partial charge in [0.2, 0.25) is 0 Å². The second-order valence-corrected chi connectivity index (χ2v) is 5.63. The van der Waals surface area contributed by atoms with E-state index in [0.29, 0.717) is 13.0 Å². The smallest absolute Gasteiger partial charge is 0.404 e. The van der Waals surface area contributed by atoms with Crippen LogP contribution < -0.4 is 16.4 Å². The molecule has 0 aromatic heterocycles. The molecule has 1 rings (SSSR count). The van der Waals surface area contributed by atoms with Crippen molar-refractivity contribution >= 4 is 12.2 Å². The van der Waals surface area contributed by atoms with Crippen LogP contribution in [0.15, 0.2) is 0 Å². The van der Waals surface area contributed by atoms with Crippen molar-refractivity contribution in [2.24, 2.45) is 17.1 Å². The molecule has 6 N–H and O–H groups in total. The van der Waals surface area contributed by atoms with Gasteiger partial charge in [0.1, 0.15) is 0 Å². The minimum atomic E-state index is -1.09. The predicted octanol–water partition coefficient (Wildman–Crippen LogP) is 1.04. The maximum absolute atomic E-state index is 10.8. The molecule has 19 heavy (non-hydrogen) atoms. The van der Waals surface area contributed by atoms with Crippen LogP contribution in [0.5, 0.6) is 0 Å². The fourth-order valence-electron chi connectivity index (χ4n) is 2.33. The van der Waals surface area contributed by atoms with Gasteiger partial charge in [-0.05, 0) is 44.1 Å². The van der Waals surface area contributed by atoms with Crippen molar-refractivity contribution in [2.45, 2.75) is 45.2 Å². The lowest BCUT2D eigenvalue weighted by molar-refractivity contribution is 0.169. The van der Waals surface area contributed by atoms with Crippen molar-refractivity contribution < 1.29 is 19.8 Å². The molecule has 0 saturated heterocycles. The van der Waals surface area contributed by atoms with Crippen LogP contribution in [0.4, 0.5) is 9.59 Å². The lowest BCUT2D eigenvalue weighted by atomic mass is 9.86. The first kappa shape index (κ1) is 15.6. The van der Waals surface area contributed by atoms with Crippen LogP contribution in [0.3, 0.4) is 0 Å². The number of carboxylic acid groups (broad SMARTS) is 2. The molecular formula is C12H23N3O4. The molecule has 1 aliphatic rings. The predicted molar refractivity (Wildman–Crippen MR) is 70.1 cm³/mol. The highest BCUT2D eigenvalue weighted by atomic mass is 16.4. The van der Waals surface area contributed by atoms with Crippen molar-refractivity contribution in [2.75, 3.05) is 6.54 Å². The van der Waals surface area contributed by atoms with E-state index in [1.54, 1.807) is 6.92 Å². The molecule has 1 fully saturated rings. The lowest BCUT2D eigenvalue weighted by Crippen LogP contribution is -2.47. The molecule has 2 amide bonds. The largest absolute Gasteiger partial charge is 0.465 e. The molecule has 0 bridgehead atoms. The van der Waals surface area contributed by atoms with Gasteiger partial charge in [0.25, 0.3) is 0 Å². The Morgan fingerprint density at radius 2 is 1.79 bits per heavy atom. The average molecular weight is 273 g/mol. The highest BCUT2D eigenvalue weighted by molar-refractivity contribution is 5.65. The zero-order valence-electron chi connectivity index (χ0n) is 11.3. The van der Waals surface area contributed by atoms with E-state index < -0.39 is 12.2 Å². The number of carbonyl (C=O) groups is 2. The minimum absolute atomic E-state index is 0.0191. The maximum atomic E-state index is 10.8. The quantitative estimate of drug-likeness (QED) is 0.474. The van der Waals surface area contributed by atoms with Crippen LogP contribution in [0, 0.1) is 11.3 Å². The van der Waals surface area contributed by atoms with Crippen LogP contribution in [-0.4, -0.2) is 41.0 Å². The van der Waals surface area contributed by atoms with E-state index in [2.05, 4.69) is 10.6 Å². The standard InChI is InChI=1S/C12H23N3O4/c1-7(14-10(16)17)8(6-13)5-9(15-11(18)19)12(2)3-4-12/h7-9,14-15H,3-6,13H2,1-2H3,(H,16,17)(H,18,19). The summed E-state index contributed by atoms with van der Waals surface area (Å²) in [5.74, 6) is -0.0922. The number of hydrogen-bond donors (Lipinski definition) is 5. The second-order valence-electron chi connectivity index (χ2n) is 5.63. The molecule has 0 aromatic carbocycles. The van der Waals surface area contributed by atoms with Crippen molar-refractivity contribution in [3.8, 4) is 0 Å². The van der Waals surface area contributed by atoms with Crippen LogP contribution in [-0.2, 0) is 0 Å². The third kappa shape index (κ3) is 4.59. The Bertz CT molecular complexity index is 344. The van der Waals surface area contributed by atoms with E-state index in [4.69, 9.17) is 15.9 Å². The van der Waals surface area contributed by atoms with Gasteiger partial charge < -0.3 is 26.6 Å². The monoisotopic (exact) mass is 273 g/mol. The fourth-order valence-corrected chi connectivity index (χ4v) is 2.33. The highest BCUT2D eigenvalue weighted by Crippen LogP contribution is 2.49. The first-order valence-corrected chi connectivity index (χ1v) is 6.47. The number of nitrogens with one attached hydrogen (secondary N) is 2. The van der Waals surface area contributed by atoms with E-state index in [0.717, 1.165) is 12.8 Å². The van der Waals surface area contributed by atoms with Gasteiger partial charge >= 0.3 is 12.2 Å². The average Bonchev–Trinajstić information content (AvgIpc) is 3.02. The SMILES string of the molecule is CC(NC(=O)O)C(CN)CC(NC(=O)O)C1(C)CC1. The normalized spacial score (nSPS) is 21.0. The van der Waals surface area contributed by atoms with E-state index in [-0.39, 0.29) is 23.4 Å². The molecule has 0 heterocycles. The molecule has 3 atom stereocenters. The summed E-state index contributed by atoms with van der Waals surface area (Å²) in [7, 11) is 0. The molecule has 0 radical (unpaired) electrons. The summed E-state index contributed by atoms with van der Waals surface area (Å²) in [5, 5.41) is 22.5. The van der Waals surface area contributed by atoms with Gasteiger partial charge in [-0.15, -0.1) is 0 Å². The van der Waals surface area contributed by atoms with Gasteiger partial charge in [0.15, 0.2) is 0 Å². The van der Waals surface area contributed by atoms with Crippen molar-refractivity contribution in [1.29, 1.82) is 0 Å². The second kappa shape index (κ2) is 6.10. The van der Waals surface area contributed by atoms with Crippen molar-refractivity contribution in [3.63, 3.8) is 0 Å². The minimum Gasteiger partial charge on any atom is -0.465 e. The summed E-state index contributed by atoms with van der Waals surface area (Å²) in [6, 6.07) is -0.487. The van der Waals surface area contributed by atoms with Crippen molar-refractivity contribution in [1.82, 2.24) is 10.6 Å². The summed E-state index contributed by atoms with van der Waals surface area (Å²) < 4.78 is 0. The third-order valence-electron chi connectivity index (χ3n) is 4.08. The Morgan fingerprint density at radius 3 is 2.16 bits per heavy atom. The van der Waals surface area contributed by atoms with Crippen LogP contribution in [0.25, 0.3) is 0 Å². The molecule has 0 spiro atoms. The molecule has 7 heteroatoms. The summed E-state index contributed by atoms with van der Waals surface area (Å²) in [4.78, 5) is 21.5. The third-order valence-corrected chi connectivity index (χ3v) is 4.08. The zero-order valence-corrected chi connectivity index (χ0v) is 11.3. The Balaban J connectivity index is 2.64. The van der Waals surface area contributed by atoms with E-state index >= 15 is 0 Å². The van der Waals surface area contributed by atoms with Crippen LogP contribution in [0.1, 0.15) is 33.1 Å². The summed E-state index contributed by atoms with van der Waals surface area (Å²) in [5.41, 5.74) is 5.66. The molecule has 1 aliphatic carbocycles. The van der Waals surface area contributed by atoms with Crippen molar-refractivity contribution in [3.05, 3.63) is 0 Å². The van der Waals surface area contributed by atoms with Gasteiger partial charge in [-0.2, -0.15) is 0 Å². The summed E-state index contributed by atoms with van der Waals surface area (Å²) in [6.07, 6.45) is 0.367. The fraction of sp³-hybridized carbons (Fsp3) is 0.833. The van der Waals surface area contributed by atoms with Crippen LogP contribution in [0.2, 0.25) is 0 Å². The molecule has 0 aliphatic heterocycles. The van der Waals surface area contributed by atoms with Gasteiger partial charge in [-0.3, -0.25) is 0 Å². The first-order chi connectivity index (χ1) is 8.78. The number of nitrogens with two attached hydrogens (primary N) is 1. The Labute approximate surface area is 112 Å². The topological polar surface area (TPSA) is 125 Å². The first-order valence-electron chi connectivity index (χ1n) is 6.47. The number of rotatable bonds is 7. The molecule has 3 unspecified atom stereocenters. The zero-order chi connectivity index (χ0) is 14.6. The van der Waals surface area contributed by atoms with Gasteiger partial charge in [0.05, 0.1) is 0 Å². The Kier molecular flexibility index (Phi) is 4.99. The Hall–Kier alpha value is -1.50. The summed E-state index contributed by atoms with van der Waals surface area (Å²) >= 11 is 0. The van der Waals surface area contributed by atoms with Crippen LogP contribution >= 0.6 is 0 Å². The van der Waals surface area contributed by atoms with Gasteiger partial charge in [-0.25, -0.2) is 9.59 Å². The summed E-state index contributed by atoms with van der Waals surface area (Å²) in [6.45, 7) is 4.10. The highest BCUT2D eigenvalue weighted by Gasteiger charge is 2.46. The molecule has 1 saturated carbocycles. The number of hydrogen-bond acceptors (Lipinski definition) is 3. The van der Waals surface area contributed by atoms with E-state index in [1.165, 1.54) is 0 Å². The Morgan fingerprint density at radius 1 is 1.26 bits per heavy atom. The molecule has 7 nitrogen and oxygen atoms in total. The van der Waals surface area contributed by atoms with E-state index in [1.807, 2.05) is 6.92 Å². The maximum Gasteiger partial charge on any atom is 0.404 e. The lowest BCUT2D eigenvalue weighted by Gasteiger charge is -2.30. The van der Waals surface area contributed by atoms with Gasteiger partial charge in [-0.1, -0.05) is 6.92 Å². The molecule has 0 aromatic rings.